The molecule has 4 heteroatoms. The fraction of sp³-hybridized carbons (Fsp3) is 0.294. The standard InChI is InChI=1S/C17H17ClFNS/c1-11(12-5-7-13(18)8-6-12)20-16-9-10-21-17-14(16)3-2-4-15(17)19/h2-8,11,16,20H,9-10H2,1H3. The van der Waals surface area contributed by atoms with Gasteiger partial charge in [0, 0.05) is 22.0 Å². The lowest BCUT2D eigenvalue weighted by molar-refractivity contribution is 0.444. The third-order valence-corrected chi connectivity index (χ3v) is 5.26. The van der Waals surface area contributed by atoms with Gasteiger partial charge in [-0.1, -0.05) is 35.9 Å². The zero-order valence-electron chi connectivity index (χ0n) is 11.8. The maximum atomic E-state index is 13.9. The molecule has 1 aliphatic heterocycles. The maximum absolute atomic E-state index is 13.9. The highest BCUT2D eigenvalue weighted by Gasteiger charge is 2.24. The van der Waals surface area contributed by atoms with E-state index in [2.05, 4.69) is 12.2 Å². The fourth-order valence-electron chi connectivity index (χ4n) is 2.71. The van der Waals surface area contributed by atoms with E-state index in [1.807, 2.05) is 30.3 Å². The zero-order chi connectivity index (χ0) is 14.8. The van der Waals surface area contributed by atoms with Crippen LogP contribution in [0.5, 0.6) is 0 Å². The van der Waals surface area contributed by atoms with Crippen LogP contribution in [-0.4, -0.2) is 5.75 Å². The maximum Gasteiger partial charge on any atom is 0.137 e. The molecular weight excluding hydrogens is 305 g/mol. The molecule has 0 saturated heterocycles. The first-order valence-electron chi connectivity index (χ1n) is 7.08. The number of hydrogen-bond donors (Lipinski definition) is 1. The van der Waals surface area contributed by atoms with Crippen LogP contribution >= 0.6 is 23.4 Å². The van der Waals surface area contributed by atoms with Gasteiger partial charge in [0.1, 0.15) is 5.82 Å². The Hall–Kier alpha value is -1.03. The number of thioether (sulfide) groups is 1. The minimum absolute atomic E-state index is 0.108. The molecule has 0 amide bonds. The number of hydrogen-bond acceptors (Lipinski definition) is 2. The molecule has 2 aromatic rings. The summed E-state index contributed by atoms with van der Waals surface area (Å²) in [5.41, 5.74) is 2.27. The predicted molar refractivity (Wildman–Crippen MR) is 87.5 cm³/mol. The highest BCUT2D eigenvalue weighted by molar-refractivity contribution is 7.99. The van der Waals surface area contributed by atoms with Gasteiger partial charge >= 0.3 is 0 Å². The summed E-state index contributed by atoms with van der Waals surface area (Å²) in [5.74, 6) is 0.835. The molecule has 0 radical (unpaired) electrons. The van der Waals surface area contributed by atoms with Crippen LogP contribution in [0.1, 0.15) is 36.6 Å². The highest BCUT2D eigenvalue weighted by atomic mass is 35.5. The van der Waals surface area contributed by atoms with E-state index >= 15 is 0 Å². The SMILES string of the molecule is CC(NC1CCSc2c(F)cccc21)c1ccc(Cl)cc1. The van der Waals surface area contributed by atoms with E-state index in [0.717, 1.165) is 27.7 Å². The Kier molecular flexibility index (Phi) is 4.53. The Morgan fingerprint density at radius 2 is 2.00 bits per heavy atom. The average molecular weight is 322 g/mol. The van der Waals surface area contributed by atoms with Crippen molar-refractivity contribution in [2.45, 2.75) is 30.3 Å². The van der Waals surface area contributed by atoms with E-state index in [0.29, 0.717) is 0 Å². The lowest BCUT2D eigenvalue weighted by Gasteiger charge is -2.29. The molecule has 2 atom stereocenters. The van der Waals surface area contributed by atoms with Gasteiger partial charge < -0.3 is 5.32 Å². The number of rotatable bonds is 3. The molecule has 0 aliphatic carbocycles. The number of benzene rings is 2. The second kappa shape index (κ2) is 6.39. The van der Waals surface area contributed by atoms with Crippen molar-refractivity contribution in [1.82, 2.24) is 5.32 Å². The van der Waals surface area contributed by atoms with Crippen molar-refractivity contribution in [2.75, 3.05) is 5.75 Å². The second-order valence-electron chi connectivity index (χ2n) is 5.29. The Bertz CT molecular complexity index is 629. The second-order valence-corrected chi connectivity index (χ2v) is 6.83. The lowest BCUT2D eigenvalue weighted by Crippen LogP contribution is -2.27. The van der Waals surface area contributed by atoms with E-state index < -0.39 is 0 Å². The van der Waals surface area contributed by atoms with Crippen molar-refractivity contribution in [2.24, 2.45) is 0 Å². The van der Waals surface area contributed by atoms with E-state index in [1.165, 1.54) is 11.6 Å². The molecule has 2 aromatic carbocycles. The number of nitrogens with one attached hydrogen (secondary N) is 1. The van der Waals surface area contributed by atoms with Crippen molar-refractivity contribution in [3.05, 3.63) is 64.4 Å². The van der Waals surface area contributed by atoms with Crippen molar-refractivity contribution >= 4 is 23.4 Å². The van der Waals surface area contributed by atoms with Crippen LogP contribution in [0, 0.1) is 5.82 Å². The minimum Gasteiger partial charge on any atom is -0.303 e. The van der Waals surface area contributed by atoms with Crippen LogP contribution in [0.25, 0.3) is 0 Å². The normalized spacial score (nSPS) is 19.1. The van der Waals surface area contributed by atoms with Crippen molar-refractivity contribution in [1.29, 1.82) is 0 Å². The largest absolute Gasteiger partial charge is 0.303 e. The molecule has 2 unspecified atom stereocenters. The van der Waals surface area contributed by atoms with Crippen LogP contribution in [-0.2, 0) is 0 Å². The minimum atomic E-state index is -0.108. The summed E-state index contributed by atoms with van der Waals surface area (Å²) < 4.78 is 13.9. The molecule has 0 spiro atoms. The van der Waals surface area contributed by atoms with Gasteiger partial charge in [0.25, 0.3) is 0 Å². The molecule has 0 bridgehead atoms. The van der Waals surface area contributed by atoms with Gasteiger partial charge in [0.2, 0.25) is 0 Å². The van der Waals surface area contributed by atoms with Crippen molar-refractivity contribution in [3.63, 3.8) is 0 Å². The zero-order valence-corrected chi connectivity index (χ0v) is 13.3. The third kappa shape index (κ3) is 3.25. The van der Waals surface area contributed by atoms with E-state index in [4.69, 9.17) is 11.6 Å². The Morgan fingerprint density at radius 3 is 2.76 bits per heavy atom. The van der Waals surface area contributed by atoms with Gasteiger partial charge in [-0.05, 0) is 48.4 Å². The van der Waals surface area contributed by atoms with E-state index in [9.17, 15) is 4.39 Å². The lowest BCUT2D eigenvalue weighted by atomic mass is 10.0. The summed E-state index contributed by atoms with van der Waals surface area (Å²) in [6.07, 6.45) is 1.01. The quantitative estimate of drug-likeness (QED) is 0.816. The van der Waals surface area contributed by atoms with Crippen LogP contribution in [0.3, 0.4) is 0 Å². The monoisotopic (exact) mass is 321 g/mol. The molecular formula is C17H17ClFNS. The summed E-state index contributed by atoms with van der Waals surface area (Å²) in [4.78, 5) is 0.796. The van der Waals surface area contributed by atoms with Gasteiger partial charge in [-0.3, -0.25) is 0 Å². The highest BCUT2D eigenvalue weighted by Crippen LogP contribution is 2.38. The smallest absolute Gasteiger partial charge is 0.137 e. The van der Waals surface area contributed by atoms with Crippen molar-refractivity contribution < 1.29 is 4.39 Å². The van der Waals surface area contributed by atoms with Crippen LogP contribution < -0.4 is 5.32 Å². The Morgan fingerprint density at radius 1 is 1.24 bits per heavy atom. The molecule has 1 aliphatic rings. The molecule has 1 N–H and O–H groups in total. The van der Waals surface area contributed by atoms with E-state index in [1.54, 1.807) is 17.8 Å². The molecule has 110 valence electrons. The summed E-state index contributed by atoms with van der Waals surface area (Å²) in [7, 11) is 0. The van der Waals surface area contributed by atoms with Crippen LogP contribution in [0.15, 0.2) is 47.4 Å². The van der Waals surface area contributed by atoms with Crippen molar-refractivity contribution in [3.8, 4) is 0 Å². The molecule has 21 heavy (non-hydrogen) atoms. The van der Waals surface area contributed by atoms with Gasteiger partial charge in [0.05, 0.1) is 0 Å². The summed E-state index contributed by atoms with van der Waals surface area (Å²) in [5, 5.41) is 4.36. The first-order chi connectivity index (χ1) is 10.1. The molecule has 0 fully saturated rings. The molecule has 3 rings (SSSR count). The van der Waals surface area contributed by atoms with Crippen LogP contribution in [0.4, 0.5) is 4.39 Å². The molecule has 0 saturated carbocycles. The topological polar surface area (TPSA) is 12.0 Å². The first kappa shape index (κ1) is 14.9. The fourth-order valence-corrected chi connectivity index (χ4v) is 3.98. The average Bonchev–Trinajstić information content (AvgIpc) is 2.49. The summed E-state index contributed by atoms with van der Waals surface area (Å²) in [6.45, 7) is 2.13. The van der Waals surface area contributed by atoms with Gasteiger partial charge in [-0.25, -0.2) is 4.39 Å². The summed E-state index contributed by atoms with van der Waals surface area (Å²) in [6, 6.07) is 13.6. The molecule has 1 nitrogen and oxygen atoms in total. The van der Waals surface area contributed by atoms with Crippen LogP contribution in [0.2, 0.25) is 5.02 Å². The van der Waals surface area contributed by atoms with Gasteiger partial charge in [0.15, 0.2) is 0 Å². The molecule has 0 aromatic heterocycles. The van der Waals surface area contributed by atoms with E-state index in [-0.39, 0.29) is 17.9 Å². The third-order valence-electron chi connectivity index (χ3n) is 3.85. The van der Waals surface area contributed by atoms with Gasteiger partial charge in [-0.15, -0.1) is 11.8 Å². The Balaban J connectivity index is 1.80. The number of halogens is 2. The Labute approximate surface area is 133 Å². The molecule has 1 heterocycles. The summed E-state index contributed by atoms with van der Waals surface area (Å²) >= 11 is 7.54. The van der Waals surface area contributed by atoms with Gasteiger partial charge in [-0.2, -0.15) is 0 Å². The first-order valence-corrected chi connectivity index (χ1v) is 8.44. The number of fused-ring (bicyclic) bond motifs is 1. The predicted octanol–water partition coefficient (Wildman–Crippen LogP) is 5.37.